The lowest BCUT2D eigenvalue weighted by Crippen LogP contribution is -2.42. The topological polar surface area (TPSA) is 86.4 Å². The van der Waals surface area contributed by atoms with Gasteiger partial charge in [-0.3, -0.25) is 4.84 Å². The summed E-state index contributed by atoms with van der Waals surface area (Å²) in [7, 11) is 0. The van der Waals surface area contributed by atoms with Crippen molar-refractivity contribution in [3.8, 4) is 0 Å². The summed E-state index contributed by atoms with van der Waals surface area (Å²) in [5.74, 6) is 0. The van der Waals surface area contributed by atoms with Crippen molar-refractivity contribution in [3.63, 3.8) is 0 Å². The Balaban J connectivity index is 2.24. The van der Waals surface area contributed by atoms with Gasteiger partial charge in [0.25, 0.3) is 6.29 Å². The second-order valence-corrected chi connectivity index (χ2v) is 3.85. The molecule has 1 rings (SSSR count). The Morgan fingerprint density at radius 3 is 2.47 bits per heavy atom. The molecule has 1 saturated heterocycles. The van der Waals surface area contributed by atoms with Gasteiger partial charge in [0.15, 0.2) is 0 Å². The molecule has 1 fully saturated rings. The van der Waals surface area contributed by atoms with Crippen LogP contribution in [0.1, 0.15) is 27.2 Å². The number of hydrogen-bond donors (Lipinski definition) is 0. The molecule has 1 atom stereocenters. The van der Waals surface area contributed by atoms with Crippen molar-refractivity contribution in [1.82, 2.24) is 5.01 Å². The number of carbonyl (C=O) groups excluding carboxylic acids is 1. The fourth-order valence-electron chi connectivity index (χ4n) is 1.01. The highest BCUT2D eigenvalue weighted by Crippen LogP contribution is 2.06. The van der Waals surface area contributed by atoms with Gasteiger partial charge in [-0.05, 0) is 20.3 Å². The third-order valence-corrected chi connectivity index (χ3v) is 1.93. The van der Waals surface area contributed by atoms with Crippen LogP contribution in [0.2, 0.25) is 0 Å². The largest absolute Gasteiger partial charge is 0.569 e. The molecule has 1 unspecified atom stereocenters. The van der Waals surface area contributed by atoms with E-state index >= 15 is 0 Å². The summed E-state index contributed by atoms with van der Waals surface area (Å²) in [6.07, 6.45) is -1.15. The molecule has 0 radical (unpaired) electrons. The summed E-state index contributed by atoms with van der Waals surface area (Å²) in [4.78, 5) is 16.1. The zero-order chi connectivity index (χ0) is 12.8. The van der Waals surface area contributed by atoms with Gasteiger partial charge in [0.2, 0.25) is 5.28 Å². The van der Waals surface area contributed by atoms with E-state index in [0.717, 1.165) is 6.42 Å². The summed E-state index contributed by atoms with van der Waals surface area (Å²) in [6, 6.07) is 0. The minimum Gasteiger partial charge on any atom is -0.569 e. The standard InChI is InChI=1S/C9H17N3O5/c1-7(2)15-9(13)16-8(3)17-10-12(14)11-5-4-6-11/h7-8H,4-6H2,1-3H3/b12-10-. The first-order chi connectivity index (χ1) is 7.99. The average Bonchev–Trinajstić information content (AvgIpc) is 2.10. The summed E-state index contributed by atoms with van der Waals surface area (Å²) < 4.78 is 9.40. The van der Waals surface area contributed by atoms with Crippen molar-refractivity contribution in [2.45, 2.75) is 39.6 Å². The van der Waals surface area contributed by atoms with Crippen LogP contribution in [0.3, 0.4) is 0 Å². The van der Waals surface area contributed by atoms with Crippen molar-refractivity contribution < 1.29 is 24.1 Å². The molecule has 1 heterocycles. The van der Waals surface area contributed by atoms with Crippen LogP contribution in [0.5, 0.6) is 0 Å². The summed E-state index contributed by atoms with van der Waals surface area (Å²) >= 11 is 0. The van der Waals surface area contributed by atoms with Crippen LogP contribution in [-0.4, -0.2) is 41.6 Å². The summed E-state index contributed by atoms with van der Waals surface area (Å²) in [6.45, 7) is 6.14. The van der Waals surface area contributed by atoms with Gasteiger partial charge in [-0.1, -0.05) is 0 Å². The van der Waals surface area contributed by atoms with Crippen LogP contribution in [-0.2, 0) is 14.3 Å². The Hall–Kier alpha value is -1.73. The molecule has 1 aliphatic heterocycles. The van der Waals surface area contributed by atoms with E-state index in [0.29, 0.717) is 18.1 Å². The van der Waals surface area contributed by atoms with Gasteiger partial charge < -0.3 is 14.7 Å². The molecule has 0 amide bonds. The third kappa shape index (κ3) is 4.75. The molecule has 0 aromatic heterocycles. The first kappa shape index (κ1) is 13.3. The molecule has 0 N–H and O–H groups in total. The quantitative estimate of drug-likeness (QED) is 0.240. The predicted octanol–water partition coefficient (Wildman–Crippen LogP) is 1.41. The highest BCUT2D eigenvalue weighted by molar-refractivity contribution is 5.60. The first-order valence-corrected chi connectivity index (χ1v) is 5.45. The second-order valence-electron chi connectivity index (χ2n) is 3.85. The van der Waals surface area contributed by atoms with E-state index in [1.807, 2.05) is 0 Å². The minimum atomic E-state index is -0.973. The molecule has 0 bridgehead atoms. The zero-order valence-electron chi connectivity index (χ0n) is 10.2. The second kappa shape index (κ2) is 6.12. The zero-order valence-corrected chi connectivity index (χ0v) is 10.2. The number of nitrogens with zero attached hydrogens (tertiary/aromatic N) is 3. The highest BCUT2D eigenvalue weighted by atomic mass is 16.8. The van der Waals surface area contributed by atoms with E-state index < -0.39 is 12.4 Å². The summed E-state index contributed by atoms with van der Waals surface area (Å²) in [5.41, 5.74) is 0. The van der Waals surface area contributed by atoms with E-state index in [9.17, 15) is 10.0 Å². The molecular weight excluding hydrogens is 230 g/mol. The molecule has 0 aromatic rings. The fourth-order valence-corrected chi connectivity index (χ4v) is 1.01. The highest BCUT2D eigenvalue weighted by Gasteiger charge is 2.22. The Kier molecular flexibility index (Phi) is 4.80. The minimum absolute atomic E-state index is 0.274. The molecule has 98 valence electrons. The van der Waals surface area contributed by atoms with E-state index in [-0.39, 0.29) is 6.10 Å². The van der Waals surface area contributed by atoms with E-state index in [1.54, 1.807) is 13.8 Å². The number of hydrogen-bond acceptors (Lipinski definition) is 6. The van der Waals surface area contributed by atoms with Gasteiger partial charge in [-0.2, -0.15) is 0 Å². The van der Waals surface area contributed by atoms with Gasteiger partial charge in [-0.15, -0.1) is 5.01 Å². The van der Waals surface area contributed by atoms with Crippen molar-refractivity contribution in [1.29, 1.82) is 0 Å². The van der Waals surface area contributed by atoms with Crippen LogP contribution in [0.25, 0.3) is 0 Å². The Morgan fingerprint density at radius 2 is 2.00 bits per heavy atom. The fraction of sp³-hybridized carbons (Fsp3) is 0.889. The predicted molar refractivity (Wildman–Crippen MR) is 55.5 cm³/mol. The van der Waals surface area contributed by atoms with E-state index in [1.165, 1.54) is 11.9 Å². The summed E-state index contributed by atoms with van der Waals surface area (Å²) in [5, 5.41) is 15.9. The number of carbonyl (C=O) groups is 1. The molecule has 1 aliphatic rings. The SMILES string of the molecule is CC(C)OC(=O)OC(C)O/N=[N+](\[O-])N1CCC1. The van der Waals surface area contributed by atoms with Crippen molar-refractivity contribution >= 4 is 6.16 Å². The molecule has 17 heavy (non-hydrogen) atoms. The van der Waals surface area contributed by atoms with Crippen LogP contribution >= 0.6 is 0 Å². The Bertz CT molecular complexity index is 290. The molecular formula is C9H17N3O5. The lowest BCUT2D eigenvalue weighted by atomic mass is 10.3. The molecule has 0 aromatic carbocycles. The monoisotopic (exact) mass is 247 g/mol. The van der Waals surface area contributed by atoms with Crippen LogP contribution < -0.4 is 0 Å². The van der Waals surface area contributed by atoms with Crippen molar-refractivity contribution in [3.05, 3.63) is 5.21 Å². The smallest absolute Gasteiger partial charge is 0.511 e. The van der Waals surface area contributed by atoms with E-state index in [2.05, 4.69) is 14.9 Å². The molecule has 0 aliphatic carbocycles. The Morgan fingerprint density at radius 1 is 1.35 bits per heavy atom. The van der Waals surface area contributed by atoms with Gasteiger partial charge in [0, 0.05) is 6.92 Å². The molecule has 0 saturated carbocycles. The van der Waals surface area contributed by atoms with Gasteiger partial charge in [-0.25, -0.2) is 4.79 Å². The van der Waals surface area contributed by atoms with Crippen molar-refractivity contribution in [2.75, 3.05) is 13.1 Å². The van der Waals surface area contributed by atoms with Crippen LogP contribution in [0.15, 0.2) is 5.28 Å². The normalized spacial score (nSPS) is 17.4. The number of hydrazine groups is 1. The lowest BCUT2D eigenvalue weighted by Gasteiger charge is -2.25. The van der Waals surface area contributed by atoms with Crippen LogP contribution in [0.4, 0.5) is 4.79 Å². The molecule has 8 heteroatoms. The molecule has 8 nitrogen and oxygen atoms in total. The maximum absolute atomic E-state index is 11.2. The number of ether oxygens (including phenoxy) is 2. The lowest BCUT2D eigenvalue weighted by molar-refractivity contribution is -0.724. The van der Waals surface area contributed by atoms with E-state index in [4.69, 9.17) is 4.74 Å². The maximum Gasteiger partial charge on any atom is 0.511 e. The van der Waals surface area contributed by atoms with Gasteiger partial charge in [0.1, 0.15) is 0 Å². The average molecular weight is 247 g/mol. The molecule has 0 spiro atoms. The van der Waals surface area contributed by atoms with Gasteiger partial charge in [0.05, 0.1) is 24.2 Å². The van der Waals surface area contributed by atoms with Crippen LogP contribution in [0, 0.1) is 5.21 Å². The first-order valence-electron chi connectivity index (χ1n) is 5.45. The van der Waals surface area contributed by atoms with Crippen molar-refractivity contribution in [2.24, 2.45) is 5.28 Å². The third-order valence-electron chi connectivity index (χ3n) is 1.93. The Labute approximate surface area is 99.2 Å². The maximum atomic E-state index is 11.2. The number of rotatable bonds is 5. The van der Waals surface area contributed by atoms with Gasteiger partial charge >= 0.3 is 6.16 Å².